The molecule has 1 saturated heterocycles. The Labute approximate surface area is 207 Å². The molecule has 186 valence electrons. The third kappa shape index (κ3) is 5.92. The molecule has 1 unspecified atom stereocenters. The van der Waals surface area contributed by atoms with Crippen molar-refractivity contribution in [2.24, 2.45) is 0 Å². The Morgan fingerprint density at radius 2 is 1.83 bits per heavy atom. The number of carbonyl (C=O) groups is 2. The number of likely N-dealkylation sites (tertiary alicyclic amines) is 1. The first-order valence-corrected chi connectivity index (χ1v) is 11.8. The minimum atomic E-state index is -0.744. The molecule has 7 heteroatoms. The third-order valence-corrected chi connectivity index (χ3v) is 5.81. The molecule has 2 aromatic carbocycles. The van der Waals surface area contributed by atoms with Gasteiger partial charge < -0.3 is 24.4 Å². The van der Waals surface area contributed by atoms with Crippen LogP contribution in [-0.4, -0.2) is 67.0 Å². The number of ketones is 1. The number of carbonyl (C=O) groups excluding carboxylic acids is 2. The summed E-state index contributed by atoms with van der Waals surface area (Å²) < 4.78 is 11.5. The summed E-state index contributed by atoms with van der Waals surface area (Å²) in [5, 5.41) is 11.2. The average Bonchev–Trinajstić information content (AvgIpc) is 3.08. The Balaban J connectivity index is 2.12. The van der Waals surface area contributed by atoms with Crippen molar-refractivity contribution in [1.82, 2.24) is 9.80 Å². The van der Waals surface area contributed by atoms with E-state index in [4.69, 9.17) is 9.47 Å². The molecule has 1 atom stereocenters. The van der Waals surface area contributed by atoms with Gasteiger partial charge in [-0.1, -0.05) is 48.6 Å². The Morgan fingerprint density at radius 1 is 1.11 bits per heavy atom. The highest BCUT2D eigenvalue weighted by Gasteiger charge is 2.46. The summed E-state index contributed by atoms with van der Waals surface area (Å²) in [4.78, 5) is 29.9. The van der Waals surface area contributed by atoms with Gasteiger partial charge in [0.1, 0.15) is 12.4 Å². The second-order valence-electron chi connectivity index (χ2n) is 8.75. The number of aliphatic hydroxyl groups excluding tert-OH is 1. The molecule has 2 aromatic rings. The quantitative estimate of drug-likeness (QED) is 0.224. The molecule has 0 aromatic heterocycles. The van der Waals surface area contributed by atoms with Gasteiger partial charge in [-0.05, 0) is 58.6 Å². The van der Waals surface area contributed by atoms with E-state index >= 15 is 0 Å². The molecule has 1 N–H and O–H groups in total. The number of aliphatic hydroxyl groups is 1. The fraction of sp³-hybridized carbons (Fsp3) is 0.357. The number of rotatable bonds is 11. The number of benzene rings is 2. The van der Waals surface area contributed by atoms with Gasteiger partial charge in [0.15, 0.2) is 11.5 Å². The molecule has 0 spiro atoms. The van der Waals surface area contributed by atoms with Crippen LogP contribution in [0.2, 0.25) is 0 Å². The fourth-order valence-electron chi connectivity index (χ4n) is 4.11. The Kier molecular flexibility index (Phi) is 8.71. The number of hydrogen-bond donors (Lipinski definition) is 1. The minimum Gasteiger partial charge on any atom is -0.507 e. The lowest BCUT2D eigenvalue weighted by Crippen LogP contribution is -2.32. The molecule has 1 amide bonds. The van der Waals surface area contributed by atoms with E-state index in [1.54, 1.807) is 41.3 Å². The Morgan fingerprint density at radius 3 is 2.46 bits per heavy atom. The van der Waals surface area contributed by atoms with E-state index in [0.29, 0.717) is 48.8 Å². The average molecular weight is 479 g/mol. The lowest BCUT2D eigenvalue weighted by atomic mass is 9.94. The van der Waals surface area contributed by atoms with Crippen LogP contribution in [0.1, 0.15) is 36.1 Å². The number of ether oxygens (including phenoxy) is 2. The maximum atomic E-state index is 13.2. The number of Topliss-reactive ketones (excluding diaryl/α,β-unsaturated/α-hetero) is 1. The summed E-state index contributed by atoms with van der Waals surface area (Å²) >= 11 is 0. The monoisotopic (exact) mass is 478 g/mol. The molecule has 1 aliphatic rings. The van der Waals surface area contributed by atoms with Crippen LogP contribution >= 0.6 is 0 Å². The number of hydrogen-bond acceptors (Lipinski definition) is 6. The summed E-state index contributed by atoms with van der Waals surface area (Å²) in [6.07, 6.45) is 2.32. The first-order chi connectivity index (χ1) is 16.8. The number of nitrogens with zero attached hydrogens (tertiary/aromatic N) is 2. The van der Waals surface area contributed by atoms with Crippen LogP contribution < -0.4 is 9.47 Å². The normalized spacial score (nSPS) is 17.2. The molecular formula is C28H34N2O5. The Hall–Kier alpha value is -3.58. The van der Waals surface area contributed by atoms with Gasteiger partial charge in [-0.25, -0.2) is 0 Å². The molecule has 1 heterocycles. The topological polar surface area (TPSA) is 79.3 Å². The largest absolute Gasteiger partial charge is 0.507 e. The van der Waals surface area contributed by atoms with Crippen molar-refractivity contribution in [2.45, 2.75) is 26.3 Å². The minimum absolute atomic E-state index is 0.0749. The van der Waals surface area contributed by atoms with Crippen LogP contribution in [0.5, 0.6) is 11.5 Å². The molecule has 0 bridgehead atoms. The van der Waals surface area contributed by atoms with E-state index < -0.39 is 17.7 Å². The molecule has 7 nitrogen and oxygen atoms in total. The third-order valence-electron chi connectivity index (χ3n) is 5.81. The molecule has 35 heavy (non-hydrogen) atoms. The van der Waals surface area contributed by atoms with Crippen molar-refractivity contribution in [1.29, 1.82) is 0 Å². The summed E-state index contributed by atoms with van der Waals surface area (Å²) in [5.41, 5.74) is 2.25. The van der Waals surface area contributed by atoms with Crippen LogP contribution in [-0.2, 0) is 9.59 Å². The molecule has 0 radical (unpaired) electrons. The van der Waals surface area contributed by atoms with Gasteiger partial charge in [-0.2, -0.15) is 0 Å². The molecule has 3 rings (SSSR count). The van der Waals surface area contributed by atoms with Crippen molar-refractivity contribution >= 4 is 17.4 Å². The van der Waals surface area contributed by atoms with Crippen LogP contribution in [0.3, 0.4) is 0 Å². The van der Waals surface area contributed by atoms with Gasteiger partial charge in [-0.15, -0.1) is 0 Å². The highest BCUT2D eigenvalue weighted by molar-refractivity contribution is 6.46. The van der Waals surface area contributed by atoms with Gasteiger partial charge in [0.05, 0.1) is 18.2 Å². The predicted molar refractivity (Wildman–Crippen MR) is 137 cm³/mol. The van der Waals surface area contributed by atoms with Gasteiger partial charge in [-0.3, -0.25) is 9.59 Å². The van der Waals surface area contributed by atoms with Crippen molar-refractivity contribution in [2.75, 3.05) is 40.4 Å². The lowest BCUT2D eigenvalue weighted by molar-refractivity contribution is -0.139. The van der Waals surface area contributed by atoms with Crippen LogP contribution in [0.25, 0.3) is 5.76 Å². The fourth-order valence-corrected chi connectivity index (χ4v) is 4.11. The van der Waals surface area contributed by atoms with Crippen molar-refractivity contribution < 1.29 is 24.2 Å². The highest BCUT2D eigenvalue weighted by atomic mass is 16.5. The highest BCUT2D eigenvalue weighted by Crippen LogP contribution is 2.42. The van der Waals surface area contributed by atoms with Gasteiger partial charge in [0.2, 0.25) is 0 Å². The molecule has 1 fully saturated rings. The predicted octanol–water partition coefficient (Wildman–Crippen LogP) is 4.33. The SMILES string of the molecule is C=CCOc1ccc(C2C(=C(O)c3ccc(C)cc3)C(=O)C(=O)N2CCCN(C)C)cc1OCC. The molecule has 0 saturated carbocycles. The smallest absolute Gasteiger partial charge is 0.295 e. The van der Waals surface area contributed by atoms with Crippen molar-refractivity contribution in [3.63, 3.8) is 0 Å². The second-order valence-corrected chi connectivity index (χ2v) is 8.75. The van der Waals surface area contributed by atoms with Gasteiger partial charge in [0, 0.05) is 12.1 Å². The lowest BCUT2D eigenvalue weighted by Gasteiger charge is -2.26. The van der Waals surface area contributed by atoms with E-state index in [2.05, 4.69) is 6.58 Å². The summed E-state index contributed by atoms with van der Waals surface area (Å²) in [6, 6.07) is 11.8. The van der Waals surface area contributed by atoms with E-state index in [1.165, 1.54) is 0 Å². The zero-order chi connectivity index (χ0) is 25.5. The van der Waals surface area contributed by atoms with E-state index in [1.807, 2.05) is 45.0 Å². The van der Waals surface area contributed by atoms with Crippen LogP contribution in [0.15, 0.2) is 60.7 Å². The van der Waals surface area contributed by atoms with E-state index in [9.17, 15) is 14.7 Å². The number of aryl methyl sites for hydroxylation is 1. The first kappa shape index (κ1) is 26.0. The van der Waals surface area contributed by atoms with E-state index in [-0.39, 0.29) is 11.3 Å². The zero-order valence-electron chi connectivity index (χ0n) is 20.9. The van der Waals surface area contributed by atoms with Crippen LogP contribution in [0.4, 0.5) is 0 Å². The summed E-state index contributed by atoms with van der Waals surface area (Å²) in [7, 11) is 3.92. The maximum absolute atomic E-state index is 13.2. The second kappa shape index (κ2) is 11.7. The van der Waals surface area contributed by atoms with Crippen molar-refractivity contribution in [3.05, 3.63) is 77.4 Å². The first-order valence-electron chi connectivity index (χ1n) is 11.8. The summed E-state index contributed by atoms with van der Waals surface area (Å²) in [5.74, 6) is -0.455. The van der Waals surface area contributed by atoms with Crippen molar-refractivity contribution in [3.8, 4) is 11.5 Å². The Bertz CT molecular complexity index is 1100. The van der Waals surface area contributed by atoms with Gasteiger partial charge in [0.25, 0.3) is 11.7 Å². The molecular weight excluding hydrogens is 444 g/mol. The standard InChI is InChI=1S/C28H34N2O5/c1-6-17-35-22-14-13-21(18-23(22)34-7-2)25-24(26(31)20-11-9-19(3)10-12-20)27(32)28(33)30(25)16-8-15-29(4)5/h6,9-14,18,25,31H,1,7-8,15-17H2,2-5H3. The van der Waals surface area contributed by atoms with Gasteiger partial charge >= 0.3 is 0 Å². The number of amides is 1. The molecule has 1 aliphatic heterocycles. The van der Waals surface area contributed by atoms with E-state index in [0.717, 1.165) is 12.1 Å². The van der Waals surface area contributed by atoms with Crippen LogP contribution in [0, 0.1) is 6.92 Å². The zero-order valence-corrected chi connectivity index (χ0v) is 20.9. The molecule has 0 aliphatic carbocycles. The summed E-state index contributed by atoms with van der Waals surface area (Å²) in [6.45, 7) is 9.35. The maximum Gasteiger partial charge on any atom is 0.295 e.